The molecule has 1 aliphatic rings. The monoisotopic (exact) mass is 195 g/mol. The van der Waals surface area contributed by atoms with Crippen molar-refractivity contribution < 1.29 is 4.39 Å². The lowest BCUT2D eigenvalue weighted by Gasteiger charge is -2.15. The van der Waals surface area contributed by atoms with Crippen molar-refractivity contribution in [2.45, 2.75) is 38.4 Å². The van der Waals surface area contributed by atoms with Crippen molar-refractivity contribution in [3.05, 3.63) is 18.1 Å². The van der Waals surface area contributed by atoms with Gasteiger partial charge in [-0.15, -0.1) is 0 Å². The van der Waals surface area contributed by atoms with E-state index in [4.69, 9.17) is 0 Å². The van der Waals surface area contributed by atoms with Crippen molar-refractivity contribution in [2.75, 3.05) is 5.32 Å². The van der Waals surface area contributed by atoms with Gasteiger partial charge < -0.3 is 5.32 Å². The van der Waals surface area contributed by atoms with Crippen LogP contribution in [0.1, 0.15) is 25.1 Å². The van der Waals surface area contributed by atoms with Gasteiger partial charge in [-0.05, 0) is 32.3 Å². The molecule has 1 N–H and O–H groups in total. The Morgan fingerprint density at radius 2 is 2.36 bits per heavy atom. The molecule has 1 fully saturated rings. The fraction of sp³-hybridized carbons (Fsp3) is 0.600. The lowest BCUT2D eigenvalue weighted by atomic mass is 10.2. The van der Waals surface area contributed by atoms with E-state index in [1.54, 1.807) is 12.3 Å². The van der Waals surface area contributed by atoms with Gasteiger partial charge in [0.25, 0.3) is 0 Å². The van der Waals surface area contributed by atoms with Crippen molar-refractivity contribution >= 4 is 5.82 Å². The molecule has 0 spiro atoms. The maximum atomic E-state index is 13.3. The van der Waals surface area contributed by atoms with Crippen molar-refractivity contribution in [1.29, 1.82) is 0 Å². The van der Waals surface area contributed by atoms with Crippen LogP contribution < -0.4 is 5.32 Å². The quantitative estimate of drug-likeness (QED) is 0.785. The van der Waals surface area contributed by atoms with Crippen LogP contribution in [-0.4, -0.2) is 22.2 Å². The van der Waals surface area contributed by atoms with Crippen LogP contribution in [0.25, 0.3) is 0 Å². The van der Waals surface area contributed by atoms with Crippen LogP contribution in [0.3, 0.4) is 0 Å². The first-order valence-corrected chi connectivity index (χ1v) is 4.96. The van der Waals surface area contributed by atoms with Crippen molar-refractivity contribution in [2.24, 2.45) is 0 Å². The Morgan fingerprint density at radius 3 is 3.00 bits per heavy atom. The summed E-state index contributed by atoms with van der Waals surface area (Å²) in [5.41, 5.74) is 0. The third-order valence-electron chi connectivity index (χ3n) is 2.54. The second-order valence-electron chi connectivity index (χ2n) is 3.69. The number of alkyl halides is 1. The summed E-state index contributed by atoms with van der Waals surface area (Å²) in [6.07, 6.45) is 3.48. The number of anilines is 1. The predicted molar refractivity (Wildman–Crippen MR) is 52.9 cm³/mol. The summed E-state index contributed by atoms with van der Waals surface area (Å²) < 4.78 is 13.3. The zero-order chi connectivity index (χ0) is 9.97. The van der Waals surface area contributed by atoms with Crippen molar-refractivity contribution in [3.63, 3.8) is 0 Å². The molecule has 0 unspecified atom stereocenters. The molecule has 4 heteroatoms. The molecular formula is C10H14FN3. The van der Waals surface area contributed by atoms with Crippen LogP contribution in [0.4, 0.5) is 10.2 Å². The predicted octanol–water partition coefficient (Wildman–Crippen LogP) is 2.09. The third kappa shape index (κ3) is 2.00. The molecule has 1 aliphatic carbocycles. The molecular weight excluding hydrogens is 181 g/mol. The Balaban J connectivity index is 2.03. The van der Waals surface area contributed by atoms with E-state index in [1.807, 2.05) is 6.92 Å². The second kappa shape index (κ2) is 3.90. The van der Waals surface area contributed by atoms with Crippen LogP contribution >= 0.6 is 0 Å². The number of halogens is 1. The van der Waals surface area contributed by atoms with Crippen LogP contribution in [0.2, 0.25) is 0 Å². The van der Waals surface area contributed by atoms with Crippen molar-refractivity contribution in [1.82, 2.24) is 9.97 Å². The first kappa shape index (κ1) is 9.37. The minimum absolute atomic E-state index is 0.0655. The Kier molecular flexibility index (Phi) is 2.61. The van der Waals surface area contributed by atoms with Crippen LogP contribution in [-0.2, 0) is 0 Å². The van der Waals surface area contributed by atoms with E-state index in [2.05, 4.69) is 15.3 Å². The first-order valence-electron chi connectivity index (χ1n) is 4.96. The first-order chi connectivity index (χ1) is 6.75. The number of nitrogens with zero attached hydrogens (tertiary/aromatic N) is 2. The van der Waals surface area contributed by atoms with E-state index in [0.717, 1.165) is 18.7 Å². The molecule has 3 nitrogen and oxygen atoms in total. The fourth-order valence-electron chi connectivity index (χ4n) is 1.80. The Hall–Kier alpha value is -1.19. The molecule has 0 amide bonds. The molecule has 0 saturated heterocycles. The molecule has 0 aromatic carbocycles. The molecule has 1 aromatic rings. The van der Waals surface area contributed by atoms with Gasteiger partial charge in [-0.3, -0.25) is 0 Å². The molecule has 0 radical (unpaired) electrons. The standard InChI is InChI=1S/C10H14FN3/c1-7-12-6-5-10(13-7)14-9-4-2-3-8(9)11/h5-6,8-9H,2-4H2,1H3,(H,12,13,14)/t8-,9+/m0/s1. The summed E-state index contributed by atoms with van der Waals surface area (Å²) in [6, 6.07) is 1.71. The highest BCUT2D eigenvalue weighted by atomic mass is 19.1. The summed E-state index contributed by atoms with van der Waals surface area (Å²) >= 11 is 0. The number of nitrogens with one attached hydrogen (secondary N) is 1. The summed E-state index contributed by atoms with van der Waals surface area (Å²) in [5.74, 6) is 1.44. The van der Waals surface area contributed by atoms with E-state index >= 15 is 0 Å². The van der Waals surface area contributed by atoms with Gasteiger partial charge in [-0.25, -0.2) is 14.4 Å². The highest BCUT2D eigenvalue weighted by Crippen LogP contribution is 2.24. The lowest BCUT2D eigenvalue weighted by Crippen LogP contribution is -2.25. The Morgan fingerprint density at radius 1 is 1.50 bits per heavy atom. The highest BCUT2D eigenvalue weighted by molar-refractivity contribution is 5.34. The summed E-state index contributed by atoms with van der Waals surface area (Å²) in [4.78, 5) is 8.17. The molecule has 0 aliphatic heterocycles. The van der Waals surface area contributed by atoms with Gasteiger partial charge in [0, 0.05) is 6.20 Å². The van der Waals surface area contributed by atoms with Gasteiger partial charge in [0.05, 0.1) is 6.04 Å². The van der Waals surface area contributed by atoms with Gasteiger partial charge in [-0.1, -0.05) is 0 Å². The average molecular weight is 195 g/mol. The van der Waals surface area contributed by atoms with E-state index in [-0.39, 0.29) is 6.04 Å². The highest BCUT2D eigenvalue weighted by Gasteiger charge is 2.26. The third-order valence-corrected chi connectivity index (χ3v) is 2.54. The number of rotatable bonds is 2. The fourth-order valence-corrected chi connectivity index (χ4v) is 1.80. The number of aryl methyl sites for hydroxylation is 1. The topological polar surface area (TPSA) is 37.8 Å². The molecule has 14 heavy (non-hydrogen) atoms. The minimum Gasteiger partial charge on any atom is -0.364 e. The van der Waals surface area contributed by atoms with Gasteiger partial charge in [0.1, 0.15) is 17.8 Å². The largest absolute Gasteiger partial charge is 0.364 e. The normalized spacial score (nSPS) is 26.4. The Labute approximate surface area is 82.8 Å². The second-order valence-corrected chi connectivity index (χ2v) is 3.69. The number of aromatic nitrogens is 2. The zero-order valence-electron chi connectivity index (χ0n) is 8.20. The van der Waals surface area contributed by atoms with Gasteiger partial charge in [0.15, 0.2) is 0 Å². The maximum absolute atomic E-state index is 13.3. The Bertz CT molecular complexity index is 316. The van der Waals surface area contributed by atoms with Gasteiger partial charge >= 0.3 is 0 Å². The maximum Gasteiger partial charge on any atom is 0.129 e. The average Bonchev–Trinajstić information content (AvgIpc) is 2.52. The summed E-state index contributed by atoms with van der Waals surface area (Å²) in [7, 11) is 0. The summed E-state index contributed by atoms with van der Waals surface area (Å²) in [5, 5.41) is 3.11. The van der Waals surface area contributed by atoms with Crippen LogP contribution in [0, 0.1) is 6.92 Å². The SMILES string of the molecule is Cc1nccc(N[C@@H]2CCC[C@@H]2F)n1. The van der Waals surface area contributed by atoms with E-state index < -0.39 is 6.17 Å². The van der Waals surface area contributed by atoms with E-state index in [1.165, 1.54) is 0 Å². The van der Waals surface area contributed by atoms with Gasteiger partial charge in [0.2, 0.25) is 0 Å². The molecule has 1 aromatic heterocycles. The molecule has 2 rings (SSSR count). The lowest BCUT2D eigenvalue weighted by molar-refractivity contribution is 0.323. The molecule has 0 bridgehead atoms. The number of hydrogen-bond donors (Lipinski definition) is 1. The van der Waals surface area contributed by atoms with Crippen LogP contribution in [0.15, 0.2) is 12.3 Å². The zero-order valence-corrected chi connectivity index (χ0v) is 8.20. The molecule has 76 valence electrons. The van der Waals surface area contributed by atoms with Crippen molar-refractivity contribution in [3.8, 4) is 0 Å². The van der Waals surface area contributed by atoms with Gasteiger partial charge in [-0.2, -0.15) is 0 Å². The molecule has 1 heterocycles. The minimum atomic E-state index is -0.731. The van der Waals surface area contributed by atoms with Crippen LogP contribution in [0.5, 0.6) is 0 Å². The number of hydrogen-bond acceptors (Lipinski definition) is 3. The molecule has 1 saturated carbocycles. The van der Waals surface area contributed by atoms with E-state index in [9.17, 15) is 4.39 Å². The molecule has 2 atom stereocenters. The smallest absolute Gasteiger partial charge is 0.129 e. The van der Waals surface area contributed by atoms with E-state index in [0.29, 0.717) is 12.2 Å². The summed E-state index contributed by atoms with van der Waals surface area (Å²) in [6.45, 7) is 1.83.